The Hall–Kier alpha value is -4.08. The van der Waals surface area contributed by atoms with Gasteiger partial charge in [-0.1, -0.05) is 0 Å². The maximum atomic E-state index is 12.4. The number of fused-ring (bicyclic) bond motifs is 1. The van der Waals surface area contributed by atoms with Crippen LogP contribution in [0.2, 0.25) is 0 Å². The van der Waals surface area contributed by atoms with E-state index >= 15 is 0 Å². The largest absolute Gasteiger partial charge is 0.366 e. The molecule has 3 aromatic rings. The molecule has 0 aliphatic heterocycles. The number of hydrogen-bond donors (Lipinski definition) is 2. The second kappa shape index (κ2) is 7.04. The molecule has 0 aliphatic rings. The third kappa shape index (κ3) is 3.79. The number of carbonyl (C=O) groups is 2. The fraction of sp³-hybridized carbons (Fsp3) is 0.0588. The molecule has 0 atom stereocenters. The molecule has 0 radical (unpaired) electrons. The van der Waals surface area contributed by atoms with E-state index in [2.05, 4.69) is 10.3 Å². The van der Waals surface area contributed by atoms with E-state index in [9.17, 15) is 24.5 Å². The van der Waals surface area contributed by atoms with Crippen LogP contribution in [-0.2, 0) is 11.3 Å². The second-order valence-electron chi connectivity index (χ2n) is 5.63. The van der Waals surface area contributed by atoms with Crippen molar-refractivity contribution < 1.29 is 14.5 Å². The third-order valence-corrected chi connectivity index (χ3v) is 3.79. The predicted octanol–water partition coefficient (Wildman–Crippen LogP) is 1.04. The van der Waals surface area contributed by atoms with Gasteiger partial charge >= 0.3 is 0 Å². The fourth-order valence-electron chi connectivity index (χ4n) is 2.45. The van der Waals surface area contributed by atoms with Crippen molar-refractivity contribution in [3.8, 4) is 0 Å². The Kier molecular flexibility index (Phi) is 4.62. The molecule has 0 spiro atoms. The summed E-state index contributed by atoms with van der Waals surface area (Å²) in [5.74, 6) is -1.06. The number of aromatic nitrogens is 2. The van der Waals surface area contributed by atoms with E-state index in [1.165, 1.54) is 42.5 Å². The average molecular weight is 367 g/mol. The van der Waals surface area contributed by atoms with Crippen LogP contribution in [0.4, 0.5) is 11.4 Å². The number of nitro groups is 1. The quantitative estimate of drug-likeness (QED) is 0.508. The van der Waals surface area contributed by atoms with Crippen LogP contribution in [0.1, 0.15) is 10.4 Å². The summed E-state index contributed by atoms with van der Waals surface area (Å²) in [6.45, 7) is -0.295. The molecule has 136 valence electrons. The first kappa shape index (κ1) is 17.7. The van der Waals surface area contributed by atoms with Gasteiger partial charge in [-0.05, 0) is 30.3 Å². The molecule has 0 bridgehead atoms. The lowest BCUT2D eigenvalue weighted by Crippen LogP contribution is -2.28. The average Bonchev–Trinajstić information content (AvgIpc) is 2.64. The van der Waals surface area contributed by atoms with Gasteiger partial charge in [0.25, 0.3) is 11.2 Å². The highest BCUT2D eigenvalue weighted by atomic mass is 16.6. The summed E-state index contributed by atoms with van der Waals surface area (Å²) < 4.78 is 1.10. The first-order chi connectivity index (χ1) is 12.8. The van der Waals surface area contributed by atoms with Crippen LogP contribution in [0.25, 0.3) is 10.9 Å². The van der Waals surface area contributed by atoms with Gasteiger partial charge in [0.05, 0.1) is 22.2 Å². The first-order valence-electron chi connectivity index (χ1n) is 7.68. The van der Waals surface area contributed by atoms with E-state index < -0.39 is 22.3 Å². The first-order valence-corrected chi connectivity index (χ1v) is 7.68. The molecule has 2 amide bonds. The van der Waals surface area contributed by atoms with Crippen LogP contribution in [0.3, 0.4) is 0 Å². The molecule has 0 saturated carbocycles. The van der Waals surface area contributed by atoms with Crippen molar-refractivity contribution >= 4 is 34.1 Å². The lowest BCUT2D eigenvalue weighted by Gasteiger charge is -2.08. The van der Waals surface area contributed by atoms with Crippen molar-refractivity contribution in [3.05, 3.63) is 74.8 Å². The van der Waals surface area contributed by atoms with Crippen molar-refractivity contribution in [1.82, 2.24) is 9.55 Å². The van der Waals surface area contributed by atoms with E-state index in [0.717, 1.165) is 10.9 Å². The Bertz CT molecular complexity index is 1120. The third-order valence-electron chi connectivity index (χ3n) is 3.79. The molecule has 10 heteroatoms. The molecule has 3 rings (SSSR count). The van der Waals surface area contributed by atoms with Crippen molar-refractivity contribution in [3.63, 3.8) is 0 Å². The Morgan fingerprint density at radius 1 is 1.19 bits per heavy atom. The van der Waals surface area contributed by atoms with Crippen LogP contribution >= 0.6 is 0 Å². The Morgan fingerprint density at radius 2 is 1.89 bits per heavy atom. The number of primary amides is 1. The number of nitrogens with one attached hydrogen (secondary N) is 1. The monoisotopic (exact) mass is 367 g/mol. The maximum absolute atomic E-state index is 12.4. The van der Waals surface area contributed by atoms with Crippen LogP contribution in [-0.4, -0.2) is 26.3 Å². The zero-order valence-electron chi connectivity index (χ0n) is 13.8. The lowest BCUT2D eigenvalue weighted by atomic mass is 10.2. The van der Waals surface area contributed by atoms with Gasteiger partial charge in [0.1, 0.15) is 6.54 Å². The molecule has 0 fully saturated rings. The molecule has 2 aromatic carbocycles. The van der Waals surface area contributed by atoms with Gasteiger partial charge in [0.15, 0.2) is 0 Å². The van der Waals surface area contributed by atoms with Crippen LogP contribution in [0.5, 0.6) is 0 Å². The topological polar surface area (TPSA) is 150 Å². The van der Waals surface area contributed by atoms with Gasteiger partial charge in [-0.2, -0.15) is 0 Å². The van der Waals surface area contributed by atoms with Crippen molar-refractivity contribution in [2.24, 2.45) is 5.73 Å². The maximum Gasteiger partial charge on any atom is 0.271 e. The van der Waals surface area contributed by atoms with Crippen LogP contribution in [0.15, 0.2) is 53.6 Å². The zero-order valence-corrected chi connectivity index (χ0v) is 13.8. The fourth-order valence-corrected chi connectivity index (χ4v) is 2.45. The lowest BCUT2D eigenvalue weighted by molar-refractivity contribution is -0.384. The number of anilines is 1. The summed E-state index contributed by atoms with van der Waals surface area (Å²) >= 11 is 0. The SMILES string of the molecule is NC(=O)c1ccc(NC(=O)Cn2cnc3cc([N+](=O)[O-])ccc3c2=O)cc1. The second-order valence-corrected chi connectivity index (χ2v) is 5.63. The van der Waals surface area contributed by atoms with Crippen molar-refractivity contribution in [2.75, 3.05) is 5.32 Å². The number of amides is 2. The summed E-state index contributed by atoms with van der Waals surface area (Å²) in [5.41, 5.74) is 5.39. The molecule has 1 aromatic heterocycles. The molecule has 0 saturated heterocycles. The van der Waals surface area contributed by atoms with Crippen LogP contribution < -0.4 is 16.6 Å². The smallest absolute Gasteiger partial charge is 0.271 e. The van der Waals surface area contributed by atoms with E-state index in [0.29, 0.717) is 11.3 Å². The normalized spacial score (nSPS) is 10.5. The number of carbonyl (C=O) groups excluding carboxylic acids is 2. The van der Waals surface area contributed by atoms with Gasteiger partial charge in [-0.15, -0.1) is 0 Å². The molecule has 3 N–H and O–H groups in total. The summed E-state index contributed by atoms with van der Waals surface area (Å²) in [6, 6.07) is 9.66. The molecular weight excluding hydrogens is 354 g/mol. The van der Waals surface area contributed by atoms with Gasteiger partial charge in [0.2, 0.25) is 11.8 Å². The van der Waals surface area contributed by atoms with Crippen LogP contribution in [0, 0.1) is 10.1 Å². The zero-order chi connectivity index (χ0) is 19.6. The highest BCUT2D eigenvalue weighted by Gasteiger charge is 2.12. The Labute approximate surface area is 151 Å². The number of rotatable bonds is 5. The van der Waals surface area contributed by atoms with E-state index in [1.54, 1.807) is 0 Å². The molecule has 0 aliphatic carbocycles. The van der Waals surface area contributed by atoms with E-state index in [-0.39, 0.29) is 23.1 Å². The number of nitro benzene ring substituents is 1. The molecular formula is C17H13N5O5. The highest BCUT2D eigenvalue weighted by Crippen LogP contribution is 2.16. The minimum absolute atomic E-state index is 0.168. The number of nitrogens with two attached hydrogens (primary N) is 1. The molecule has 1 heterocycles. The molecule has 27 heavy (non-hydrogen) atoms. The van der Waals surface area contributed by atoms with Gasteiger partial charge in [-0.25, -0.2) is 4.98 Å². The minimum atomic E-state index is -0.582. The van der Waals surface area contributed by atoms with Crippen molar-refractivity contribution in [1.29, 1.82) is 0 Å². The molecule has 10 nitrogen and oxygen atoms in total. The number of benzene rings is 2. The van der Waals surface area contributed by atoms with Crippen molar-refractivity contribution in [2.45, 2.75) is 6.54 Å². The van der Waals surface area contributed by atoms with Gasteiger partial charge < -0.3 is 11.1 Å². The van der Waals surface area contributed by atoms with Gasteiger partial charge in [0, 0.05) is 23.4 Å². The Morgan fingerprint density at radius 3 is 2.52 bits per heavy atom. The number of hydrogen-bond acceptors (Lipinski definition) is 6. The Balaban J connectivity index is 1.79. The summed E-state index contributed by atoms with van der Waals surface area (Å²) in [5, 5.41) is 13.5. The highest BCUT2D eigenvalue weighted by molar-refractivity contribution is 5.94. The van der Waals surface area contributed by atoms with E-state index in [1.807, 2.05) is 0 Å². The molecule has 0 unspecified atom stereocenters. The van der Waals surface area contributed by atoms with Gasteiger partial charge in [-0.3, -0.25) is 29.1 Å². The number of nitrogens with zero attached hydrogens (tertiary/aromatic N) is 3. The minimum Gasteiger partial charge on any atom is -0.366 e. The number of non-ortho nitro benzene ring substituents is 1. The predicted molar refractivity (Wildman–Crippen MR) is 96.2 cm³/mol. The summed E-state index contributed by atoms with van der Waals surface area (Å²) in [4.78, 5) is 49.8. The summed E-state index contributed by atoms with van der Waals surface area (Å²) in [6.07, 6.45) is 1.16. The van der Waals surface area contributed by atoms with E-state index in [4.69, 9.17) is 5.73 Å². The standard InChI is InChI=1S/C17H13N5O5/c18-16(24)10-1-3-11(4-2-10)20-15(23)8-21-9-19-14-7-12(22(26)27)5-6-13(14)17(21)25/h1-7,9H,8H2,(H2,18,24)(H,20,23). The summed E-state index contributed by atoms with van der Waals surface area (Å²) in [7, 11) is 0.